The second-order valence-electron chi connectivity index (χ2n) is 35.8. The Balaban J connectivity index is 0.000000245. The van der Waals surface area contributed by atoms with Crippen molar-refractivity contribution in [3.63, 3.8) is 0 Å². The number of nitrogens with one attached hydrogen (secondary N) is 4. The molecule has 0 aromatic heterocycles. The van der Waals surface area contributed by atoms with Crippen molar-refractivity contribution in [1.29, 1.82) is 0 Å². The molecule has 8 amide bonds. The van der Waals surface area contributed by atoms with Gasteiger partial charge in [-0.3, -0.25) is 63.1 Å². The molecular weight excluding hydrogens is 1940 g/mol. The molecule has 146 heavy (non-hydrogen) atoms. The largest absolute Gasteiger partial charge is 0.493 e. The zero-order valence-electron chi connectivity index (χ0n) is 83.2. The van der Waals surface area contributed by atoms with Crippen LogP contribution >= 0.6 is 15.9 Å². The molecule has 8 aliphatic rings. The van der Waals surface area contributed by atoms with Gasteiger partial charge in [0.05, 0.1) is 208 Å². The molecule has 4 saturated heterocycles. The number of alkyl halides is 1. The second kappa shape index (κ2) is 56.2. The summed E-state index contributed by atoms with van der Waals surface area (Å²) in [6, 6.07) is 25.0. The van der Waals surface area contributed by atoms with Crippen molar-refractivity contribution in [2.75, 3.05) is 184 Å². The van der Waals surface area contributed by atoms with Crippen LogP contribution in [0.4, 0.5) is 22.7 Å². The second-order valence-corrected chi connectivity index (χ2v) is 36.4. The van der Waals surface area contributed by atoms with Crippen molar-refractivity contribution >= 4 is 117 Å². The molecule has 0 aliphatic carbocycles. The van der Waals surface area contributed by atoms with E-state index in [1.807, 2.05) is 74.8 Å². The minimum Gasteiger partial charge on any atom is -0.493 e. The van der Waals surface area contributed by atoms with Crippen LogP contribution in [-0.4, -0.2) is 306 Å². The SMILES string of the molecule is C=C1C[C@H]2C=Nc3cc(OCc4cc(C#CCNC(=O)CCOCCOCCOCCOCCNC(=O)CCCC(=O)CBr)cc(COc5cc6c(cc5OC)C(=O)N5CC(=C)C[C@H]5C=N6)c4)c(C)cc3C(=O)N2C1.C=C1C[C@H]2C=Nc3cc(OCc4cc(C#CCNC(=O)CCOCCOCCOCCOCCNC(=O)CCN)cc(COc5cc6c(cc5OC)C(=O)N5CC(=C)C[C@H]5C=N6)c4)c(C)cc3C(=O)N2C1. The van der Waals surface area contributed by atoms with Crippen LogP contribution in [0.3, 0.4) is 0 Å². The van der Waals surface area contributed by atoms with Gasteiger partial charge in [-0.1, -0.05) is 88.2 Å². The van der Waals surface area contributed by atoms with Gasteiger partial charge >= 0.3 is 0 Å². The summed E-state index contributed by atoms with van der Waals surface area (Å²) in [5.74, 6) is 14.3. The lowest BCUT2D eigenvalue weighted by Crippen LogP contribution is -2.35. The standard InChI is InChI=1S/C56H65BrN6O12.C53H63N7O11/c1-37-21-43-31-60-48-28-50(39(3)23-46(48)55(67)62(43)33-37)74-35-41-24-40(25-42(26-41)36-75-52-29-49-47(27-51(52)69-4)56(68)63-34-38(2)22-44(63)32-61-49)7-6-11-58-54(66)10-13-70-15-17-72-19-20-73-18-16-71-14-12-59-53(65)9-5-8-45(64)30-57;1-35-20-41-29-57-45-27-47(37(3)22-43(45)52(63)59(41)31-35)70-33-39-23-38(6-5-10-55-51(62)8-12-66-14-16-68-18-19-69-17-15-67-13-11-56-50(61)7-9-54)24-40(25-39)34-71-49-28-46-44(26-48(49)65-4)53(64)60-32-36(2)21-42(60)30-58-46/h23-29,31-32,43-44H,1-2,5,8-22,30,33-36H2,3-4H3,(H,58,66)(H,59,65);22-30,41-42H,1-2,7-21,31-34,54H2,3-4H3,(H,55,62)(H,56,61)/t43-,44-;41-,42-/m00/s1. The molecular formula is C109H128BrN13O23. The van der Waals surface area contributed by atoms with Crippen LogP contribution < -0.4 is 55.4 Å². The van der Waals surface area contributed by atoms with Crippen LogP contribution in [0.15, 0.2) is 154 Å². The van der Waals surface area contributed by atoms with E-state index in [0.29, 0.717) is 286 Å². The average molecular weight is 2070 g/mol. The van der Waals surface area contributed by atoms with Crippen molar-refractivity contribution in [2.45, 2.75) is 129 Å². The lowest BCUT2D eigenvalue weighted by molar-refractivity contribution is -0.123. The molecule has 37 heteroatoms. The Hall–Kier alpha value is -13.6. The summed E-state index contributed by atoms with van der Waals surface area (Å²) in [6.45, 7) is 29.7. The molecule has 36 nitrogen and oxygen atoms in total. The Bertz CT molecular complexity index is 6030. The fourth-order valence-electron chi connectivity index (χ4n) is 17.0. The van der Waals surface area contributed by atoms with Gasteiger partial charge < -0.3 is 113 Å². The van der Waals surface area contributed by atoms with Crippen LogP contribution in [0.1, 0.15) is 150 Å². The predicted molar refractivity (Wildman–Crippen MR) is 553 cm³/mol. The van der Waals surface area contributed by atoms with Crippen LogP contribution in [0.2, 0.25) is 0 Å². The van der Waals surface area contributed by atoms with Gasteiger partial charge in [0.2, 0.25) is 23.6 Å². The number of methoxy groups -OCH3 is 2. The number of amides is 8. The molecule has 6 aromatic carbocycles. The van der Waals surface area contributed by atoms with Crippen LogP contribution in [0, 0.1) is 37.5 Å². The number of ether oxygens (including phenoxy) is 14. The number of aliphatic imine (C=N–C) groups is 4. The number of benzene rings is 6. The van der Waals surface area contributed by atoms with E-state index in [-0.39, 0.29) is 143 Å². The zero-order valence-corrected chi connectivity index (χ0v) is 84.8. The summed E-state index contributed by atoms with van der Waals surface area (Å²) in [4.78, 5) is 140. The maximum absolute atomic E-state index is 13.6. The summed E-state index contributed by atoms with van der Waals surface area (Å²) < 4.78 is 81.0. The van der Waals surface area contributed by atoms with Gasteiger partial charge in [-0.25, -0.2) is 0 Å². The van der Waals surface area contributed by atoms with Crippen LogP contribution in [0.5, 0.6) is 34.5 Å². The van der Waals surface area contributed by atoms with Gasteiger partial charge in [0.15, 0.2) is 23.0 Å². The Labute approximate surface area is 859 Å². The Kier molecular flexibility index (Phi) is 42.2. The van der Waals surface area contributed by atoms with Gasteiger partial charge in [0, 0.05) is 138 Å². The molecule has 8 aliphatic heterocycles. The monoisotopic (exact) mass is 2070 g/mol. The van der Waals surface area contributed by atoms with E-state index in [9.17, 15) is 43.2 Å². The third-order valence-electron chi connectivity index (χ3n) is 24.4. The summed E-state index contributed by atoms with van der Waals surface area (Å²) >= 11 is 3.11. The smallest absolute Gasteiger partial charge is 0.257 e. The zero-order chi connectivity index (χ0) is 103. The number of hydrogen-bond donors (Lipinski definition) is 5. The Morgan fingerprint density at radius 3 is 0.986 bits per heavy atom. The number of nitrogens with two attached hydrogens (primary N) is 1. The maximum atomic E-state index is 13.6. The third-order valence-corrected chi connectivity index (χ3v) is 25.0. The van der Waals surface area contributed by atoms with Gasteiger partial charge in [-0.05, 0) is 140 Å². The summed E-state index contributed by atoms with van der Waals surface area (Å²) in [5.41, 5.74) is 19.4. The molecule has 4 fully saturated rings. The van der Waals surface area contributed by atoms with Crippen LogP contribution in [0.25, 0.3) is 0 Å². The number of aryl methyl sites for hydroxylation is 2. The molecule has 0 spiro atoms. The van der Waals surface area contributed by atoms with E-state index in [1.165, 1.54) is 14.2 Å². The highest BCUT2D eigenvalue weighted by Gasteiger charge is 2.39. The molecule has 0 bridgehead atoms. The average Bonchev–Trinajstić information content (AvgIpc) is 1.64. The number of fused-ring (bicyclic) bond motifs is 8. The first-order valence-corrected chi connectivity index (χ1v) is 50.0. The minimum atomic E-state index is -0.211. The van der Waals surface area contributed by atoms with E-state index < -0.39 is 0 Å². The quantitative estimate of drug-likeness (QED) is 0.0102. The van der Waals surface area contributed by atoms with E-state index in [0.717, 1.165) is 55.7 Å². The highest BCUT2D eigenvalue weighted by molar-refractivity contribution is 9.09. The lowest BCUT2D eigenvalue weighted by Gasteiger charge is -2.20. The molecule has 4 atom stereocenters. The van der Waals surface area contributed by atoms with Gasteiger partial charge in [0.1, 0.15) is 43.7 Å². The first-order chi connectivity index (χ1) is 70.9. The van der Waals surface area contributed by atoms with Crippen molar-refractivity contribution in [3.8, 4) is 58.2 Å². The van der Waals surface area contributed by atoms with E-state index in [2.05, 4.69) is 107 Å². The molecule has 0 radical (unpaired) electrons. The number of rotatable bonds is 53. The highest BCUT2D eigenvalue weighted by atomic mass is 79.9. The number of Topliss-reactive ketones (excluding diaryl/α,β-unsaturated/α-hetero) is 1. The molecule has 0 saturated carbocycles. The first kappa shape index (κ1) is 110. The van der Waals surface area contributed by atoms with Crippen molar-refractivity contribution < 1.29 is 109 Å². The van der Waals surface area contributed by atoms with Gasteiger partial charge in [0.25, 0.3) is 23.6 Å². The lowest BCUT2D eigenvalue weighted by atomic mass is 10.1. The molecule has 14 rings (SSSR count). The highest BCUT2D eigenvalue weighted by Crippen LogP contribution is 2.43. The topological polar surface area (TPSA) is 419 Å². The van der Waals surface area contributed by atoms with Crippen molar-refractivity contribution in [2.24, 2.45) is 25.7 Å². The fourth-order valence-corrected chi connectivity index (χ4v) is 17.3. The summed E-state index contributed by atoms with van der Waals surface area (Å²) in [5, 5.41) is 11.4. The number of halogens is 1. The normalized spacial score (nSPS) is 16.5. The molecule has 774 valence electrons. The first-order valence-electron chi connectivity index (χ1n) is 48.9. The van der Waals surface area contributed by atoms with E-state index in [4.69, 9.17) is 72.0 Å². The van der Waals surface area contributed by atoms with Crippen molar-refractivity contribution in [1.82, 2.24) is 40.9 Å². The number of nitrogens with zero attached hydrogens (tertiary/aromatic N) is 8. The Morgan fingerprint density at radius 2 is 0.664 bits per heavy atom. The van der Waals surface area contributed by atoms with Gasteiger partial charge in [-0.15, -0.1) is 0 Å². The fraction of sp³-hybridized carbons (Fsp3) is 0.440. The third kappa shape index (κ3) is 32.5. The number of ketones is 1. The van der Waals surface area contributed by atoms with Crippen molar-refractivity contribution in [3.05, 3.63) is 200 Å². The summed E-state index contributed by atoms with van der Waals surface area (Å²) in [7, 11) is 3.05. The molecule has 6 N–H and O–H groups in total. The summed E-state index contributed by atoms with van der Waals surface area (Å²) in [6.07, 6.45) is 11.8. The Morgan fingerprint density at radius 1 is 0.370 bits per heavy atom. The maximum Gasteiger partial charge on any atom is 0.257 e. The molecule has 8 heterocycles. The van der Waals surface area contributed by atoms with Crippen LogP contribution in [-0.2, 0) is 88.3 Å². The predicted octanol–water partition coefficient (Wildman–Crippen LogP) is 10.8. The number of carbonyl (C=O) groups is 9. The minimum absolute atomic E-state index is 0.0766. The van der Waals surface area contributed by atoms with E-state index >= 15 is 0 Å². The number of hydrogen-bond acceptors (Lipinski definition) is 28. The molecule has 6 aromatic rings. The number of carbonyl (C=O) groups excluding carboxylic acids is 9. The van der Waals surface area contributed by atoms with Gasteiger partial charge in [-0.2, -0.15) is 0 Å². The van der Waals surface area contributed by atoms with E-state index in [1.54, 1.807) is 68.4 Å². The molecule has 0 unspecified atom stereocenters.